The lowest BCUT2D eigenvalue weighted by Gasteiger charge is -2.16. The molecule has 0 aromatic heterocycles. The Labute approximate surface area is 103 Å². The summed E-state index contributed by atoms with van der Waals surface area (Å²) in [6.07, 6.45) is -0.231. The van der Waals surface area contributed by atoms with E-state index < -0.39 is 12.0 Å². The Morgan fingerprint density at radius 2 is 2.27 bits per heavy atom. The van der Waals surface area contributed by atoms with Crippen LogP contribution in [0.4, 0.5) is 0 Å². The van der Waals surface area contributed by atoms with Crippen LogP contribution in [0.3, 0.4) is 0 Å². The van der Waals surface area contributed by atoms with E-state index in [1.807, 2.05) is 6.92 Å². The molecule has 0 saturated heterocycles. The number of aliphatic hydroxyl groups is 1. The monoisotopic (exact) mass is 287 g/mol. The molecular weight excluding hydrogens is 277 g/mol. The molecule has 0 aliphatic rings. The van der Waals surface area contributed by atoms with E-state index in [1.165, 1.54) is 0 Å². The first-order valence-corrected chi connectivity index (χ1v) is 5.79. The molecule has 2 atom stereocenters. The van der Waals surface area contributed by atoms with Crippen LogP contribution < -0.4 is 0 Å². The molecule has 4 heteroatoms. The van der Waals surface area contributed by atoms with Gasteiger partial charge in [-0.1, -0.05) is 34.5 Å². The molecule has 1 aromatic carbocycles. The van der Waals surface area contributed by atoms with Crippen LogP contribution in [0.25, 0.3) is 0 Å². The number of halogens is 2. The van der Waals surface area contributed by atoms with Crippen molar-refractivity contribution in [2.24, 2.45) is 5.92 Å². The third-order valence-electron chi connectivity index (χ3n) is 2.26. The Kier molecular flexibility index (Phi) is 4.59. The number of rotatable bonds is 3. The first kappa shape index (κ1) is 12.5. The second kappa shape index (κ2) is 5.50. The quantitative estimate of drug-likeness (QED) is 0.922. The van der Waals surface area contributed by atoms with Gasteiger partial charge < -0.3 is 5.11 Å². The third-order valence-corrected chi connectivity index (χ3v) is 3.10. The van der Waals surface area contributed by atoms with E-state index in [2.05, 4.69) is 22.0 Å². The first-order valence-electron chi connectivity index (χ1n) is 4.62. The van der Waals surface area contributed by atoms with Crippen molar-refractivity contribution in [2.75, 3.05) is 0 Å². The standard InChI is InChI=1S/C11H11BrClNO/c1-2-7(6-14)11(15)9-5-8(12)3-4-10(9)13/h3-5,7,11,15H,2H2,1H3. The predicted molar refractivity (Wildman–Crippen MR) is 63.5 cm³/mol. The molecule has 0 saturated carbocycles. The minimum atomic E-state index is -0.829. The summed E-state index contributed by atoms with van der Waals surface area (Å²) in [4.78, 5) is 0. The molecule has 0 radical (unpaired) electrons. The average Bonchev–Trinajstić information content (AvgIpc) is 2.23. The molecule has 0 amide bonds. The van der Waals surface area contributed by atoms with E-state index in [9.17, 15) is 5.11 Å². The van der Waals surface area contributed by atoms with Crippen LogP contribution in [0.2, 0.25) is 5.02 Å². The summed E-state index contributed by atoms with van der Waals surface area (Å²) in [5.41, 5.74) is 0.597. The van der Waals surface area contributed by atoms with Crippen LogP contribution in [0, 0.1) is 17.2 Å². The van der Waals surface area contributed by atoms with Crippen molar-refractivity contribution in [3.63, 3.8) is 0 Å². The number of benzene rings is 1. The third kappa shape index (κ3) is 2.94. The van der Waals surface area contributed by atoms with Crippen molar-refractivity contribution < 1.29 is 5.11 Å². The van der Waals surface area contributed by atoms with Gasteiger partial charge in [-0.25, -0.2) is 0 Å². The van der Waals surface area contributed by atoms with Crippen LogP contribution in [-0.4, -0.2) is 5.11 Å². The number of aliphatic hydroxyl groups excluding tert-OH is 1. The lowest BCUT2D eigenvalue weighted by Crippen LogP contribution is -2.10. The van der Waals surface area contributed by atoms with E-state index in [-0.39, 0.29) is 0 Å². The molecule has 1 aromatic rings. The van der Waals surface area contributed by atoms with E-state index in [0.29, 0.717) is 17.0 Å². The molecule has 0 spiro atoms. The van der Waals surface area contributed by atoms with Crippen molar-refractivity contribution in [1.82, 2.24) is 0 Å². The number of hydrogen-bond donors (Lipinski definition) is 1. The van der Waals surface area contributed by atoms with Gasteiger partial charge in [-0.2, -0.15) is 5.26 Å². The van der Waals surface area contributed by atoms with Crippen LogP contribution in [-0.2, 0) is 0 Å². The fourth-order valence-corrected chi connectivity index (χ4v) is 1.95. The molecule has 1 rings (SSSR count). The second-order valence-corrected chi connectivity index (χ2v) is 4.58. The Bertz CT molecular complexity index is 389. The molecule has 2 nitrogen and oxygen atoms in total. The van der Waals surface area contributed by atoms with Crippen LogP contribution >= 0.6 is 27.5 Å². The maximum absolute atomic E-state index is 9.96. The summed E-state index contributed by atoms with van der Waals surface area (Å²) >= 11 is 9.26. The SMILES string of the molecule is CCC(C#N)C(O)c1cc(Br)ccc1Cl. The van der Waals surface area contributed by atoms with Gasteiger partial charge in [-0.3, -0.25) is 0 Å². The van der Waals surface area contributed by atoms with Gasteiger partial charge in [0.1, 0.15) is 0 Å². The largest absolute Gasteiger partial charge is 0.387 e. The van der Waals surface area contributed by atoms with Crippen molar-refractivity contribution in [3.8, 4) is 6.07 Å². The van der Waals surface area contributed by atoms with E-state index >= 15 is 0 Å². The Morgan fingerprint density at radius 3 is 2.80 bits per heavy atom. The van der Waals surface area contributed by atoms with Gasteiger partial charge in [0, 0.05) is 15.1 Å². The maximum Gasteiger partial charge on any atom is 0.0962 e. The minimum Gasteiger partial charge on any atom is -0.387 e. The van der Waals surface area contributed by atoms with E-state index in [1.54, 1.807) is 18.2 Å². The summed E-state index contributed by atoms with van der Waals surface area (Å²) in [5.74, 6) is -0.420. The highest BCUT2D eigenvalue weighted by molar-refractivity contribution is 9.10. The zero-order valence-electron chi connectivity index (χ0n) is 8.24. The molecule has 15 heavy (non-hydrogen) atoms. The Hall–Kier alpha value is -0.560. The van der Waals surface area contributed by atoms with Gasteiger partial charge in [0.25, 0.3) is 0 Å². The van der Waals surface area contributed by atoms with Crippen molar-refractivity contribution in [1.29, 1.82) is 5.26 Å². The van der Waals surface area contributed by atoms with Gasteiger partial charge in [0.15, 0.2) is 0 Å². The Balaban J connectivity index is 3.05. The van der Waals surface area contributed by atoms with Crippen molar-refractivity contribution >= 4 is 27.5 Å². The maximum atomic E-state index is 9.96. The molecule has 0 fully saturated rings. The minimum absolute atomic E-state index is 0.420. The highest BCUT2D eigenvalue weighted by Crippen LogP contribution is 2.31. The van der Waals surface area contributed by atoms with Crippen LogP contribution in [0.5, 0.6) is 0 Å². The summed E-state index contributed by atoms with van der Waals surface area (Å²) < 4.78 is 0.841. The van der Waals surface area contributed by atoms with Crippen LogP contribution in [0.15, 0.2) is 22.7 Å². The summed E-state index contributed by atoms with van der Waals surface area (Å²) in [5, 5.41) is 19.3. The predicted octanol–water partition coefficient (Wildman–Crippen LogP) is 3.69. The molecule has 2 unspecified atom stereocenters. The molecule has 80 valence electrons. The lowest BCUT2D eigenvalue weighted by molar-refractivity contribution is 0.133. The zero-order chi connectivity index (χ0) is 11.4. The molecule has 0 bridgehead atoms. The normalized spacial score (nSPS) is 14.3. The van der Waals surface area contributed by atoms with Crippen molar-refractivity contribution in [2.45, 2.75) is 19.4 Å². The molecule has 0 aliphatic carbocycles. The van der Waals surface area contributed by atoms with E-state index in [0.717, 1.165) is 4.47 Å². The molecule has 1 N–H and O–H groups in total. The average molecular weight is 289 g/mol. The molecular formula is C11H11BrClNO. The van der Waals surface area contributed by atoms with Crippen LogP contribution in [0.1, 0.15) is 25.0 Å². The number of nitrogens with zero attached hydrogens (tertiary/aromatic N) is 1. The Morgan fingerprint density at radius 1 is 1.60 bits per heavy atom. The molecule has 0 heterocycles. The second-order valence-electron chi connectivity index (χ2n) is 3.25. The topological polar surface area (TPSA) is 44.0 Å². The van der Waals surface area contributed by atoms with Crippen molar-refractivity contribution in [3.05, 3.63) is 33.3 Å². The smallest absolute Gasteiger partial charge is 0.0962 e. The van der Waals surface area contributed by atoms with Gasteiger partial charge in [0.05, 0.1) is 18.1 Å². The fraction of sp³-hybridized carbons (Fsp3) is 0.364. The summed E-state index contributed by atoms with van der Waals surface area (Å²) in [7, 11) is 0. The number of hydrogen-bond acceptors (Lipinski definition) is 2. The highest BCUT2D eigenvalue weighted by Gasteiger charge is 2.21. The highest BCUT2D eigenvalue weighted by atomic mass is 79.9. The first-order chi connectivity index (χ1) is 7.10. The van der Waals surface area contributed by atoms with Gasteiger partial charge in [-0.15, -0.1) is 0 Å². The summed E-state index contributed by atoms with van der Waals surface area (Å²) in [6.45, 7) is 1.86. The summed E-state index contributed by atoms with van der Waals surface area (Å²) in [6, 6.07) is 7.32. The van der Waals surface area contributed by atoms with Gasteiger partial charge in [0.2, 0.25) is 0 Å². The fourth-order valence-electron chi connectivity index (χ4n) is 1.34. The van der Waals surface area contributed by atoms with Gasteiger partial charge in [-0.05, 0) is 24.6 Å². The zero-order valence-corrected chi connectivity index (χ0v) is 10.6. The van der Waals surface area contributed by atoms with E-state index in [4.69, 9.17) is 16.9 Å². The number of nitriles is 1. The molecule has 0 aliphatic heterocycles. The lowest BCUT2D eigenvalue weighted by atomic mass is 9.95. The van der Waals surface area contributed by atoms with Gasteiger partial charge >= 0.3 is 0 Å².